The fraction of sp³-hybridized carbons (Fsp3) is 0.429. The van der Waals surface area contributed by atoms with Crippen molar-refractivity contribution in [1.29, 1.82) is 0 Å². The van der Waals surface area contributed by atoms with Crippen LogP contribution in [-0.4, -0.2) is 48.4 Å². The molecule has 0 radical (unpaired) electrons. The highest BCUT2D eigenvalue weighted by Crippen LogP contribution is 2.28. The number of furan rings is 1. The third kappa shape index (κ3) is 4.06. The van der Waals surface area contributed by atoms with Gasteiger partial charge < -0.3 is 15.1 Å². The molecule has 0 spiro atoms. The first-order valence-corrected chi connectivity index (χ1v) is 9.60. The van der Waals surface area contributed by atoms with Crippen LogP contribution in [0.5, 0.6) is 0 Å². The van der Waals surface area contributed by atoms with Gasteiger partial charge in [-0.15, -0.1) is 0 Å². The van der Waals surface area contributed by atoms with Crippen molar-refractivity contribution < 1.29 is 14.0 Å². The molecule has 1 aromatic heterocycles. The SMILES string of the molecule is O=C(C[C@H]1C(=O)NCCN1C1Cc2ccccc2C1)NCCc1ccco1. The lowest BCUT2D eigenvalue weighted by Gasteiger charge is -2.38. The molecular weight excluding hydrogens is 342 g/mol. The molecule has 142 valence electrons. The summed E-state index contributed by atoms with van der Waals surface area (Å²) in [7, 11) is 0. The second kappa shape index (κ2) is 7.96. The first kappa shape index (κ1) is 17.8. The van der Waals surface area contributed by atoms with Crippen LogP contribution in [0.3, 0.4) is 0 Å². The fourth-order valence-electron chi connectivity index (χ4n) is 4.18. The van der Waals surface area contributed by atoms with Gasteiger partial charge in [0.25, 0.3) is 0 Å². The van der Waals surface area contributed by atoms with Gasteiger partial charge in [0.15, 0.2) is 0 Å². The maximum atomic E-state index is 12.5. The molecule has 0 saturated carbocycles. The number of carbonyl (C=O) groups is 2. The summed E-state index contributed by atoms with van der Waals surface area (Å²) in [5, 5.41) is 5.83. The number of nitrogens with one attached hydrogen (secondary N) is 2. The topological polar surface area (TPSA) is 74.6 Å². The Labute approximate surface area is 158 Å². The Balaban J connectivity index is 1.35. The van der Waals surface area contributed by atoms with Gasteiger partial charge in [-0.1, -0.05) is 24.3 Å². The van der Waals surface area contributed by atoms with E-state index in [4.69, 9.17) is 4.42 Å². The van der Waals surface area contributed by atoms with E-state index >= 15 is 0 Å². The lowest BCUT2D eigenvalue weighted by Crippen LogP contribution is -2.59. The summed E-state index contributed by atoms with van der Waals surface area (Å²) in [6, 6.07) is 12.1. The molecule has 2 heterocycles. The van der Waals surface area contributed by atoms with E-state index in [-0.39, 0.29) is 24.3 Å². The normalized spacial score (nSPS) is 20.3. The quantitative estimate of drug-likeness (QED) is 0.807. The number of rotatable bonds is 6. The average Bonchev–Trinajstić information content (AvgIpc) is 3.32. The average molecular weight is 367 g/mol. The van der Waals surface area contributed by atoms with Crippen molar-refractivity contribution in [2.75, 3.05) is 19.6 Å². The zero-order valence-corrected chi connectivity index (χ0v) is 15.3. The Hall–Kier alpha value is -2.60. The van der Waals surface area contributed by atoms with Gasteiger partial charge >= 0.3 is 0 Å². The van der Waals surface area contributed by atoms with Gasteiger partial charge in [0.2, 0.25) is 11.8 Å². The number of nitrogens with zero attached hydrogens (tertiary/aromatic N) is 1. The Kier molecular flexibility index (Phi) is 5.25. The molecule has 6 heteroatoms. The smallest absolute Gasteiger partial charge is 0.237 e. The van der Waals surface area contributed by atoms with Gasteiger partial charge in [-0.2, -0.15) is 0 Å². The van der Waals surface area contributed by atoms with Gasteiger partial charge in [-0.25, -0.2) is 0 Å². The molecule has 1 atom stereocenters. The highest BCUT2D eigenvalue weighted by atomic mass is 16.3. The van der Waals surface area contributed by atoms with Crippen LogP contribution in [0.25, 0.3) is 0 Å². The molecule has 2 N–H and O–H groups in total. The number of hydrogen-bond acceptors (Lipinski definition) is 4. The lowest BCUT2D eigenvalue weighted by molar-refractivity contribution is -0.135. The third-order valence-electron chi connectivity index (χ3n) is 5.52. The van der Waals surface area contributed by atoms with E-state index in [9.17, 15) is 9.59 Å². The van der Waals surface area contributed by atoms with Crippen molar-refractivity contribution in [3.05, 3.63) is 59.5 Å². The molecule has 1 aliphatic heterocycles. The lowest BCUT2D eigenvalue weighted by atomic mass is 10.0. The van der Waals surface area contributed by atoms with E-state index in [1.165, 1.54) is 11.1 Å². The summed E-state index contributed by atoms with van der Waals surface area (Å²) < 4.78 is 5.27. The van der Waals surface area contributed by atoms with E-state index < -0.39 is 6.04 Å². The first-order valence-electron chi connectivity index (χ1n) is 9.60. The fourth-order valence-corrected chi connectivity index (χ4v) is 4.18. The molecule has 1 aliphatic carbocycles. The Morgan fingerprint density at radius 1 is 1.19 bits per heavy atom. The molecular formula is C21H25N3O3. The maximum absolute atomic E-state index is 12.5. The van der Waals surface area contributed by atoms with Gasteiger partial charge in [0.05, 0.1) is 18.7 Å². The van der Waals surface area contributed by atoms with Crippen LogP contribution in [0.15, 0.2) is 47.1 Å². The van der Waals surface area contributed by atoms with E-state index in [1.807, 2.05) is 12.1 Å². The minimum absolute atomic E-state index is 0.0432. The zero-order valence-electron chi connectivity index (χ0n) is 15.3. The second-order valence-electron chi connectivity index (χ2n) is 7.26. The predicted octanol–water partition coefficient (Wildman–Crippen LogP) is 1.30. The van der Waals surface area contributed by atoms with Crippen LogP contribution in [0.1, 0.15) is 23.3 Å². The molecule has 1 saturated heterocycles. The maximum Gasteiger partial charge on any atom is 0.237 e. The van der Waals surface area contributed by atoms with Gasteiger partial charge in [0.1, 0.15) is 5.76 Å². The molecule has 2 aliphatic rings. The number of amides is 2. The summed E-state index contributed by atoms with van der Waals surface area (Å²) in [4.78, 5) is 27.1. The molecule has 6 nitrogen and oxygen atoms in total. The zero-order chi connectivity index (χ0) is 18.6. The van der Waals surface area contributed by atoms with Crippen molar-refractivity contribution in [1.82, 2.24) is 15.5 Å². The summed E-state index contributed by atoms with van der Waals surface area (Å²) in [6.07, 6.45) is 4.36. The highest BCUT2D eigenvalue weighted by molar-refractivity contribution is 5.88. The molecule has 4 rings (SSSR count). The van der Waals surface area contributed by atoms with Crippen molar-refractivity contribution in [3.8, 4) is 0 Å². The van der Waals surface area contributed by atoms with Gasteiger partial charge in [0, 0.05) is 32.1 Å². The van der Waals surface area contributed by atoms with Crippen LogP contribution in [0.4, 0.5) is 0 Å². The summed E-state index contributed by atoms with van der Waals surface area (Å²) in [5.41, 5.74) is 2.71. The molecule has 2 aromatic rings. The van der Waals surface area contributed by atoms with Crippen LogP contribution < -0.4 is 10.6 Å². The number of fused-ring (bicyclic) bond motifs is 1. The Morgan fingerprint density at radius 3 is 2.67 bits per heavy atom. The van der Waals surface area contributed by atoms with Crippen LogP contribution >= 0.6 is 0 Å². The summed E-state index contributed by atoms with van der Waals surface area (Å²) in [6.45, 7) is 1.94. The molecule has 1 fully saturated rings. The van der Waals surface area contributed by atoms with E-state index in [0.29, 0.717) is 19.5 Å². The van der Waals surface area contributed by atoms with E-state index in [1.54, 1.807) is 6.26 Å². The third-order valence-corrected chi connectivity index (χ3v) is 5.52. The van der Waals surface area contributed by atoms with Crippen molar-refractivity contribution >= 4 is 11.8 Å². The van der Waals surface area contributed by atoms with Crippen molar-refractivity contribution in [3.63, 3.8) is 0 Å². The minimum atomic E-state index is -0.401. The van der Waals surface area contributed by atoms with E-state index in [2.05, 4.69) is 39.8 Å². The van der Waals surface area contributed by atoms with Gasteiger partial charge in [-0.05, 0) is 36.1 Å². The molecule has 27 heavy (non-hydrogen) atoms. The van der Waals surface area contributed by atoms with Crippen molar-refractivity contribution in [2.24, 2.45) is 0 Å². The summed E-state index contributed by atoms with van der Waals surface area (Å²) >= 11 is 0. The van der Waals surface area contributed by atoms with Crippen LogP contribution in [-0.2, 0) is 28.9 Å². The minimum Gasteiger partial charge on any atom is -0.469 e. The summed E-state index contributed by atoms with van der Waals surface area (Å²) in [5.74, 6) is 0.707. The van der Waals surface area contributed by atoms with Crippen LogP contribution in [0, 0.1) is 0 Å². The Morgan fingerprint density at radius 2 is 1.96 bits per heavy atom. The number of benzene rings is 1. The Bertz CT molecular complexity index is 778. The number of piperazine rings is 1. The van der Waals surface area contributed by atoms with Gasteiger partial charge in [-0.3, -0.25) is 14.5 Å². The standard InChI is InChI=1S/C21H25N3O3/c25-20(22-8-7-18-6-3-11-27-18)14-19-21(26)23-9-10-24(19)17-12-15-4-1-2-5-16(15)13-17/h1-6,11,17,19H,7-10,12-14H2,(H,22,25)(H,23,26)/t19-/m0/s1. The molecule has 0 unspecified atom stereocenters. The van der Waals surface area contributed by atoms with Crippen LogP contribution in [0.2, 0.25) is 0 Å². The molecule has 1 aromatic carbocycles. The first-order chi connectivity index (χ1) is 13.2. The highest BCUT2D eigenvalue weighted by Gasteiger charge is 2.37. The monoisotopic (exact) mass is 367 g/mol. The molecule has 2 amide bonds. The second-order valence-corrected chi connectivity index (χ2v) is 7.26. The van der Waals surface area contributed by atoms with Crippen molar-refractivity contribution in [2.45, 2.75) is 37.8 Å². The molecule has 0 bridgehead atoms. The number of hydrogen-bond donors (Lipinski definition) is 2. The largest absolute Gasteiger partial charge is 0.469 e. The predicted molar refractivity (Wildman–Crippen MR) is 101 cm³/mol. The van der Waals surface area contributed by atoms with E-state index in [0.717, 1.165) is 25.1 Å². The number of carbonyl (C=O) groups excluding carboxylic acids is 2.